The van der Waals surface area contributed by atoms with Gasteiger partial charge in [0.25, 0.3) is 0 Å². The minimum atomic E-state index is -3.70. The average Bonchev–Trinajstić information content (AvgIpc) is 3.37. The van der Waals surface area contributed by atoms with Gasteiger partial charge in [-0.05, 0) is 56.6 Å². The van der Waals surface area contributed by atoms with E-state index in [9.17, 15) is 21.9 Å². The highest BCUT2D eigenvalue weighted by Gasteiger charge is 2.44. The Morgan fingerprint density at radius 3 is 2.67 bits per heavy atom. The van der Waals surface area contributed by atoms with E-state index in [2.05, 4.69) is 20.0 Å². The maximum Gasteiger partial charge on any atom is 0.244 e. The fraction of sp³-hybridized carbons (Fsp3) is 0.462. The first kappa shape index (κ1) is 28.8. The molecule has 0 saturated carbocycles. The summed E-state index contributed by atoms with van der Waals surface area (Å²) in [7, 11) is -5.95. The Kier molecular flexibility index (Phi) is 8.38. The number of ether oxygens (including phenoxy) is 2. The first-order chi connectivity index (χ1) is 19.1. The average molecular weight is 592 g/mol. The van der Waals surface area contributed by atoms with E-state index in [1.807, 2.05) is 0 Å². The van der Waals surface area contributed by atoms with Gasteiger partial charge in [0.05, 0.1) is 28.1 Å². The third kappa shape index (κ3) is 6.28. The molecular formula is C26H33N5O7S2. The fourth-order valence-corrected chi connectivity index (χ4v) is 7.26. The summed E-state index contributed by atoms with van der Waals surface area (Å²) in [5.41, 5.74) is 0.767. The van der Waals surface area contributed by atoms with Gasteiger partial charge in [-0.15, -0.1) is 0 Å². The molecule has 2 saturated heterocycles. The van der Waals surface area contributed by atoms with Crippen LogP contribution in [0.15, 0.2) is 64.6 Å². The molecule has 0 amide bonds. The second-order valence-electron chi connectivity index (χ2n) is 10.1. The van der Waals surface area contributed by atoms with Crippen LogP contribution in [0.25, 0.3) is 11.0 Å². The van der Waals surface area contributed by atoms with Gasteiger partial charge in [0.1, 0.15) is 23.4 Å². The minimum Gasteiger partial charge on any atom is -0.491 e. The van der Waals surface area contributed by atoms with Crippen molar-refractivity contribution in [3.05, 3.63) is 54.9 Å². The van der Waals surface area contributed by atoms with Crippen molar-refractivity contribution in [2.75, 3.05) is 39.9 Å². The number of hydrogen-bond donors (Lipinski definition) is 3. The number of piperidine rings is 1. The number of rotatable bonds is 10. The molecule has 12 nitrogen and oxygen atoms in total. The molecule has 216 valence electrons. The van der Waals surface area contributed by atoms with E-state index in [1.165, 1.54) is 29.7 Å². The Morgan fingerprint density at radius 2 is 1.90 bits per heavy atom. The molecule has 40 heavy (non-hydrogen) atoms. The van der Waals surface area contributed by atoms with Crippen molar-refractivity contribution in [3.63, 3.8) is 0 Å². The highest BCUT2D eigenvalue weighted by Crippen LogP contribution is 2.37. The number of nitrogens with zero attached hydrogens (tertiary/aromatic N) is 3. The monoisotopic (exact) mass is 591 g/mol. The normalized spacial score (nSPS) is 20.6. The van der Waals surface area contributed by atoms with Crippen LogP contribution in [0.1, 0.15) is 19.3 Å². The van der Waals surface area contributed by atoms with E-state index in [0.29, 0.717) is 55.7 Å². The van der Waals surface area contributed by atoms with Gasteiger partial charge < -0.3 is 19.9 Å². The van der Waals surface area contributed by atoms with Gasteiger partial charge >= 0.3 is 0 Å². The molecule has 14 heteroatoms. The zero-order valence-corrected chi connectivity index (χ0v) is 23.7. The van der Waals surface area contributed by atoms with Crippen molar-refractivity contribution < 1.29 is 31.4 Å². The van der Waals surface area contributed by atoms with Crippen molar-refractivity contribution in [2.24, 2.45) is 0 Å². The van der Waals surface area contributed by atoms with E-state index in [1.54, 1.807) is 36.5 Å². The number of fused-ring (bicyclic) bond motifs is 1. The summed E-state index contributed by atoms with van der Waals surface area (Å²) in [4.78, 5) is 8.68. The van der Waals surface area contributed by atoms with Crippen molar-refractivity contribution in [1.29, 1.82) is 0 Å². The molecule has 5 rings (SSSR count). The number of pyridine rings is 2. The van der Waals surface area contributed by atoms with Crippen LogP contribution in [-0.4, -0.2) is 93.9 Å². The van der Waals surface area contributed by atoms with E-state index < -0.39 is 31.8 Å². The van der Waals surface area contributed by atoms with E-state index >= 15 is 0 Å². The Morgan fingerprint density at radius 1 is 1.10 bits per heavy atom. The first-order valence-corrected chi connectivity index (χ1v) is 16.0. The number of sulfonamides is 2. The van der Waals surface area contributed by atoms with Crippen LogP contribution in [0, 0.1) is 0 Å². The SMILES string of the molecule is CNS(=O)(=O)c1cccc(OC[C@@H](O)CNC2COC3(CCN(S(=O)(=O)c4cnc5cccnc5c4)CC3)C2)c1. The molecule has 0 aliphatic carbocycles. The summed E-state index contributed by atoms with van der Waals surface area (Å²) in [6.07, 6.45) is 4.02. The summed E-state index contributed by atoms with van der Waals surface area (Å²) in [6, 6.07) is 11.2. The molecule has 2 aliphatic rings. The highest BCUT2D eigenvalue weighted by molar-refractivity contribution is 7.89. The zero-order chi connectivity index (χ0) is 28.4. The molecule has 2 aromatic heterocycles. The number of hydrogen-bond acceptors (Lipinski definition) is 10. The molecule has 0 radical (unpaired) electrons. The van der Waals surface area contributed by atoms with Crippen molar-refractivity contribution in [2.45, 2.75) is 46.8 Å². The van der Waals surface area contributed by atoms with E-state index in [0.717, 1.165) is 0 Å². The van der Waals surface area contributed by atoms with Crippen LogP contribution in [0.5, 0.6) is 5.75 Å². The summed E-state index contributed by atoms with van der Waals surface area (Å²) in [5.74, 6) is 0.343. The Labute approximate surface area is 233 Å². The molecule has 1 spiro atoms. The Balaban J connectivity index is 1.09. The smallest absolute Gasteiger partial charge is 0.244 e. The van der Waals surface area contributed by atoms with Crippen LogP contribution in [0.2, 0.25) is 0 Å². The standard InChI is InChI=1S/C26H33N5O7S2/c1-27-39(33,34)22-5-2-4-21(12-22)37-18-20(32)15-29-19-14-26(38-17-19)7-10-31(11-8-26)40(35,36)23-13-25-24(30-16-23)6-3-9-28-25/h2-6,9,12-13,16,19-20,27,29,32H,7-8,10-11,14-15,17-18H2,1H3/t19?,20-/m0/s1. The number of nitrogens with one attached hydrogen (secondary N) is 2. The Bertz CT molecular complexity index is 1560. The molecule has 3 N–H and O–H groups in total. The fourth-order valence-electron chi connectivity index (χ4n) is 5.09. The number of aliphatic hydroxyl groups excluding tert-OH is 1. The van der Waals surface area contributed by atoms with Gasteiger partial charge in [0.2, 0.25) is 20.0 Å². The molecule has 2 aliphatic heterocycles. The molecule has 2 atom stereocenters. The van der Waals surface area contributed by atoms with Crippen LogP contribution in [0.3, 0.4) is 0 Å². The van der Waals surface area contributed by atoms with Crippen molar-refractivity contribution in [3.8, 4) is 5.75 Å². The Hall–Kier alpha value is -2.72. The topological polar surface area (TPSA) is 160 Å². The van der Waals surface area contributed by atoms with Gasteiger partial charge in [0, 0.05) is 44.1 Å². The van der Waals surface area contributed by atoms with E-state index in [4.69, 9.17) is 9.47 Å². The van der Waals surface area contributed by atoms with Crippen LogP contribution < -0.4 is 14.8 Å². The lowest BCUT2D eigenvalue weighted by molar-refractivity contribution is -0.0312. The second-order valence-corrected chi connectivity index (χ2v) is 13.9. The lowest BCUT2D eigenvalue weighted by Crippen LogP contribution is -2.47. The third-order valence-corrected chi connectivity index (χ3v) is 10.7. The maximum atomic E-state index is 13.3. The zero-order valence-electron chi connectivity index (χ0n) is 22.1. The lowest BCUT2D eigenvalue weighted by atomic mass is 9.88. The number of benzene rings is 1. The third-order valence-electron chi connectivity index (χ3n) is 7.38. The quantitative estimate of drug-likeness (QED) is 0.309. The van der Waals surface area contributed by atoms with Crippen LogP contribution in [-0.2, 0) is 24.8 Å². The lowest BCUT2D eigenvalue weighted by Gasteiger charge is -2.38. The van der Waals surface area contributed by atoms with Gasteiger partial charge in [-0.25, -0.2) is 21.6 Å². The summed E-state index contributed by atoms with van der Waals surface area (Å²) in [5, 5.41) is 13.7. The molecule has 1 unspecified atom stereocenters. The molecule has 1 aromatic carbocycles. The summed E-state index contributed by atoms with van der Waals surface area (Å²) >= 11 is 0. The highest BCUT2D eigenvalue weighted by atomic mass is 32.2. The summed E-state index contributed by atoms with van der Waals surface area (Å²) < 4.78 is 65.9. The largest absolute Gasteiger partial charge is 0.491 e. The molecule has 0 bridgehead atoms. The van der Waals surface area contributed by atoms with Gasteiger partial charge in [-0.3, -0.25) is 9.97 Å². The first-order valence-electron chi connectivity index (χ1n) is 13.0. The number of aromatic nitrogens is 2. The van der Waals surface area contributed by atoms with Crippen molar-refractivity contribution >= 4 is 31.1 Å². The summed E-state index contributed by atoms with van der Waals surface area (Å²) in [6.45, 7) is 1.40. The van der Waals surface area contributed by atoms with Crippen molar-refractivity contribution in [1.82, 2.24) is 24.3 Å². The predicted molar refractivity (Wildman–Crippen MR) is 147 cm³/mol. The van der Waals surface area contributed by atoms with E-state index in [-0.39, 0.29) is 29.0 Å². The molecular weight excluding hydrogens is 558 g/mol. The molecule has 3 aromatic rings. The minimum absolute atomic E-state index is 0.0117. The second kappa shape index (κ2) is 11.6. The molecule has 2 fully saturated rings. The van der Waals surface area contributed by atoms with Gasteiger partial charge in [-0.1, -0.05) is 6.07 Å². The molecule has 4 heterocycles. The van der Waals surface area contributed by atoms with Crippen LogP contribution >= 0.6 is 0 Å². The van der Waals surface area contributed by atoms with Gasteiger partial charge in [0.15, 0.2) is 0 Å². The number of aliphatic hydroxyl groups is 1. The van der Waals surface area contributed by atoms with Crippen LogP contribution in [0.4, 0.5) is 0 Å². The predicted octanol–water partition coefficient (Wildman–Crippen LogP) is 0.880. The van der Waals surface area contributed by atoms with Gasteiger partial charge in [-0.2, -0.15) is 4.31 Å². The maximum absolute atomic E-state index is 13.3.